The number of aliphatic imine (C=N–C) groups is 1. The van der Waals surface area contributed by atoms with Gasteiger partial charge in [0.1, 0.15) is 11.6 Å². The van der Waals surface area contributed by atoms with E-state index >= 15 is 0 Å². The van der Waals surface area contributed by atoms with Crippen molar-refractivity contribution in [1.82, 2.24) is 10.2 Å². The number of nitrogens with one attached hydrogen (secondary N) is 1. The minimum atomic E-state index is -0.153. The fourth-order valence-corrected chi connectivity index (χ4v) is 4.54. The highest BCUT2D eigenvalue weighted by atomic mass is 19.1. The molecule has 1 N–H and O–H groups in total. The summed E-state index contributed by atoms with van der Waals surface area (Å²) >= 11 is 0. The van der Waals surface area contributed by atoms with Crippen LogP contribution in [0.5, 0.6) is 5.75 Å². The van der Waals surface area contributed by atoms with Crippen LogP contribution in [0.3, 0.4) is 0 Å². The van der Waals surface area contributed by atoms with Gasteiger partial charge in [-0.05, 0) is 36.6 Å². The Balaban J connectivity index is 1.27. The van der Waals surface area contributed by atoms with Crippen molar-refractivity contribution >= 4 is 17.3 Å². The third-order valence-electron chi connectivity index (χ3n) is 6.24. The highest BCUT2D eigenvalue weighted by Gasteiger charge is 2.26. The van der Waals surface area contributed by atoms with Crippen LogP contribution in [0.4, 0.5) is 15.8 Å². The van der Waals surface area contributed by atoms with E-state index in [0.717, 1.165) is 63.9 Å². The summed E-state index contributed by atoms with van der Waals surface area (Å²) in [6.45, 7) is 6.15. The first-order valence-electron chi connectivity index (χ1n) is 11.0. The number of anilines is 2. The third-order valence-corrected chi connectivity index (χ3v) is 6.24. The maximum Gasteiger partial charge on any atom is 0.193 e. The van der Waals surface area contributed by atoms with Crippen LogP contribution in [0.15, 0.2) is 53.5 Å². The van der Waals surface area contributed by atoms with E-state index in [0.29, 0.717) is 11.6 Å². The van der Waals surface area contributed by atoms with Gasteiger partial charge in [0, 0.05) is 52.9 Å². The lowest BCUT2D eigenvalue weighted by atomic mass is 10.1. The van der Waals surface area contributed by atoms with Gasteiger partial charge in [-0.2, -0.15) is 0 Å². The smallest absolute Gasteiger partial charge is 0.193 e. The maximum absolute atomic E-state index is 14.1. The Hall–Kier alpha value is -2.96. The predicted molar refractivity (Wildman–Crippen MR) is 125 cm³/mol. The van der Waals surface area contributed by atoms with Crippen molar-refractivity contribution in [2.75, 3.05) is 69.8 Å². The molecule has 6 nitrogen and oxygen atoms in total. The molecule has 0 aliphatic carbocycles. The number of halogens is 1. The molecular formula is C24H32FN5O. The zero-order valence-corrected chi connectivity index (χ0v) is 18.4. The van der Waals surface area contributed by atoms with Gasteiger partial charge in [-0.15, -0.1) is 0 Å². The maximum atomic E-state index is 14.1. The van der Waals surface area contributed by atoms with E-state index in [-0.39, 0.29) is 5.82 Å². The molecule has 0 saturated carbocycles. The normalized spacial score (nSPS) is 19.6. The van der Waals surface area contributed by atoms with Crippen LogP contribution in [-0.2, 0) is 0 Å². The number of para-hydroxylation sites is 3. The van der Waals surface area contributed by atoms with Crippen LogP contribution in [-0.4, -0.2) is 70.8 Å². The van der Waals surface area contributed by atoms with Gasteiger partial charge >= 0.3 is 0 Å². The second kappa shape index (κ2) is 9.90. The van der Waals surface area contributed by atoms with Crippen molar-refractivity contribution in [1.29, 1.82) is 0 Å². The zero-order valence-electron chi connectivity index (χ0n) is 18.4. The Bertz CT molecular complexity index is 897. The average Bonchev–Trinajstić information content (AvgIpc) is 3.29. The Kier molecular flexibility index (Phi) is 6.79. The van der Waals surface area contributed by atoms with E-state index in [2.05, 4.69) is 37.1 Å². The van der Waals surface area contributed by atoms with Gasteiger partial charge in [-0.3, -0.25) is 4.99 Å². The molecule has 4 rings (SSSR count). The Morgan fingerprint density at radius 2 is 1.71 bits per heavy atom. The summed E-state index contributed by atoms with van der Waals surface area (Å²) in [5.41, 5.74) is 1.86. The summed E-state index contributed by atoms with van der Waals surface area (Å²) in [6.07, 6.45) is 1.14. The largest absolute Gasteiger partial charge is 0.495 e. The molecule has 1 unspecified atom stereocenters. The van der Waals surface area contributed by atoms with Crippen molar-refractivity contribution in [2.45, 2.75) is 6.42 Å². The molecule has 0 aromatic heterocycles. The van der Waals surface area contributed by atoms with Crippen LogP contribution < -0.4 is 19.9 Å². The molecule has 31 heavy (non-hydrogen) atoms. The van der Waals surface area contributed by atoms with E-state index in [9.17, 15) is 4.39 Å². The molecule has 0 amide bonds. The Labute approximate surface area is 184 Å². The Morgan fingerprint density at radius 3 is 2.42 bits per heavy atom. The SMILES string of the molecule is CN=C(NCC1CCN(c2ccccc2OC)C1)N1CCN(c2ccccc2F)CC1. The van der Waals surface area contributed by atoms with E-state index < -0.39 is 0 Å². The van der Waals surface area contributed by atoms with Crippen molar-refractivity contribution in [2.24, 2.45) is 10.9 Å². The summed E-state index contributed by atoms with van der Waals surface area (Å²) in [6, 6.07) is 15.2. The molecule has 2 fully saturated rings. The number of hydrogen-bond donors (Lipinski definition) is 1. The first kappa shape index (κ1) is 21.3. The van der Waals surface area contributed by atoms with Crippen molar-refractivity contribution < 1.29 is 9.13 Å². The number of nitrogens with zero attached hydrogens (tertiary/aromatic N) is 4. The molecule has 166 valence electrons. The molecule has 0 radical (unpaired) electrons. The molecule has 2 saturated heterocycles. The van der Waals surface area contributed by atoms with Crippen LogP contribution in [0.1, 0.15) is 6.42 Å². The minimum Gasteiger partial charge on any atom is -0.495 e. The van der Waals surface area contributed by atoms with Crippen molar-refractivity contribution in [3.05, 3.63) is 54.3 Å². The number of piperazine rings is 1. The highest BCUT2D eigenvalue weighted by Crippen LogP contribution is 2.31. The van der Waals surface area contributed by atoms with E-state index in [1.54, 1.807) is 13.2 Å². The number of methoxy groups -OCH3 is 1. The third kappa shape index (κ3) is 4.86. The lowest BCUT2D eigenvalue weighted by Crippen LogP contribution is -2.53. The number of rotatable bonds is 5. The van der Waals surface area contributed by atoms with Crippen molar-refractivity contribution in [3.63, 3.8) is 0 Å². The van der Waals surface area contributed by atoms with Crippen LogP contribution in [0, 0.1) is 11.7 Å². The fraction of sp³-hybridized carbons (Fsp3) is 0.458. The molecule has 7 heteroatoms. The number of ether oxygens (including phenoxy) is 1. The molecule has 0 spiro atoms. The highest BCUT2D eigenvalue weighted by molar-refractivity contribution is 5.80. The number of benzene rings is 2. The van der Waals surface area contributed by atoms with Crippen LogP contribution in [0.25, 0.3) is 0 Å². The monoisotopic (exact) mass is 425 g/mol. The summed E-state index contributed by atoms with van der Waals surface area (Å²) in [4.78, 5) is 11.3. The Morgan fingerprint density at radius 1 is 1.00 bits per heavy atom. The summed E-state index contributed by atoms with van der Waals surface area (Å²) in [5.74, 6) is 2.27. The van der Waals surface area contributed by atoms with Crippen LogP contribution in [0.2, 0.25) is 0 Å². The molecule has 2 aromatic rings. The van der Waals surface area contributed by atoms with Gasteiger partial charge in [0.15, 0.2) is 5.96 Å². The molecule has 2 aliphatic heterocycles. The van der Waals surface area contributed by atoms with Gasteiger partial charge < -0.3 is 24.8 Å². The van der Waals surface area contributed by atoms with Gasteiger partial charge in [0.2, 0.25) is 0 Å². The molecule has 2 aromatic carbocycles. The van der Waals surface area contributed by atoms with E-state index in [1.165, 1.54) is 11.8 Å². The standard InChI is InChI=1S/C24H32FN5O/c1-26-24(29-15-13-28(14-16-29)21-8-4-3-7-20(21)25)27-17-19-11-12-30(18-19)22-9-5-6-10-23(22)31-2/h3-10,19H,11-18H2,1-2H3,(H,26,27). The van der Waals surface area contributed by atoms with Gasteiger partial charge in [0.25, 0.3) is 0 Å². The number of hydrogen-bond acceptors (Lipinski definition) is 4. The van der Waals surface area contributed by atoms with Gasteiger partial charge in [-0.1, -0.05) is 24.3 Å². The average molecular weight is 426 g/mol. The van der Waals surface area contributed by atoms with E-state index in [1.807, 2.05) is 31.3 Å². The lowest BCUT2D eigenvalue weighted by molar-refractivity contribution is 0.367. The molecule has 2 aliphatic rings. The van der Waals surface area contributed by atoms with Gasteiger partial charge in [0.05, 0.1) is 18.5 Å². The second-order valence-electron chi connectivity index (χ2n) is 8.13. The summed E-state index contributed by atoms with van der Waals surface area (Å²) in [7, 11) is 3.56. The molecular weight excluding hydrogens is 393 g/mol. The number of guanidine groups is 1. The predicted octanol–water partition coefficient (Wildman–Crippen LogP) is 3.06. The fourth-order valence-electron chi connectivity index (χ4n) is 4.54. The zero-order chi connectivity index (χ0) is 21.6. The second-order valence-corrected chi connectivity index (χ2v) is 8.13. The molecule has 1 atom stereocenters. The first-order valence-corrected chi connectivity index (χ1v) is 11.0. The van der Waals surface area contributed by atoms with E-state index in [4.69, 9.17) is 4.74 Å². The molecule has 0 bridgehead atoms. The van der Waals surface area contributed by atoms with Crippen LogP contribution >= 0.6 is 0 Å². The van der Waals surface area contributed by atoms with Gasteiger partial charge in [-0.25, -0.2) is 4.39 Å². The summed E-state index contributed by atoms with van der Waals surface area (Å²) in [5, 5.41) is 3.57. The first-order chi connectivity index (χ1) is 15.2. The summed E-state index contributed by atoms with van der Waals surface area (Å²) < 4.78 is 19.6. The van der Waals surface area contributed by atoms with Crippen molar-refractivity contribution in [3.8, 4) is 5.75 Å². The quantitative estimate of drug-likeness (QED) is 0.589. The molecule has 2 heterocycles. The topological polar surface area (TPSA) is 43.3 Å². The minimum absolute atomic E-state index is 0.153. The lowest BCUT2D eigenvalue weighted by Gasteiger charge is -2.38.